The maximum absolute atomic E-state index is 9.39. The SMILES string of the molecule is CC1(C)OB(c2cn([C@]3(CC#N)C[C@H](C#N)C3)c3ncncc23)OC1(C)C. The van der Waals surface area contributed by atoms with Crippen LogP contribution in [0.4, 0.5) is 0 Å². The summed E-state index contributed by atoms with van der Waals surface area (Å²) >= 11 is 0. The number of nitrogens with zero attached hydrogens (tertiary/aromatic N) is 5. The van der Waals surface area contributed by atoms with Crippen LogP contribution in [0.25, 0.3) is 11.0 Å². The van der Waals surface area contributed by atoms with Crippen molar-refractivity contribution in [3.63, 3.8) is 0 Å². The fraction of sp³-hybridized carbons (Fsp3) is 0.579. The molecule has 0 atom stereocenters. The van der Waals surface area contributed by atoms with Gasteiger partial charge in [-0.25, -0.2) is 9.97 Å². The Morgan fingerprint density at radius 1 is 1.22 bits per heavy atom. The molecule has 0 unspecified atom stereocenters. The van der Waals surface area contributed by atoms with Crippen molar-refractivity contribution < 1.29 is 9.31 Å². The summed E-state index contributed by atoms with van der Waals surface area (Å²) in [4.78, 5) is 8.66. The summed E-state index contributed by atoms with van der Waals surface area (Å²) in [6.07, 6.45) is 6.88. The Balaban J connectivity index is 1.82. The van der Waals surface area contributed by atoms with Crippen LogP contribution in [-0.4, -0.2) is 32.9 Å². The van der Waals surface area contributed by atoms with Crippen LogP contribution in [0.2, 0.25) is 0 Å². The highest BCUT2D eigenvalue weighted by molar-refractivity contribution is 6.65. The Morgan fingerprint density at radius 3 is 2.48 bits per heavy atom. The van der Waals surface area contributed by atoms with E-state index in [0.29, 0.717) is 19.3 Å². The smallest absolute Gasteiger partial charge is 0.399 e. The third kappa shape index (κ3) is 2.55. The van der Waals surface area contributed by atoms with Crippen LogP contribution in [0.5, 0.6) is 0 Å². The van der Waals surface area contributed by atoms with E-state index in [9.17, 15) is 10.5 Å². The van der Waals surface area contributed by atoms with Crippen molar-refractivity contribution in [1.29, 1.82) is 10.5 Å². The molecule has 7 nitrogen and oxygen atoms in total. The van der Waals surface area contributed by atoms with E-state index in [1.807, 2.05) is 38.5 Å². The Hall–Kier alpha value is -2.42. The lowest BCUT2D eigenvalue weighted by Gasteiger charge is -2.45. The van der Waals surface area contributed by atoms with Gasteiger partial charge in [0, 0.05) is 23.2 Å². The number of hydrogen-bond donors (Lipinski definition) is 0. The third-order valence-corrected chi connectivity index (χ3v) is 6.36. The number of hydrogen-bond acceptors (Lipinski definition) is 6. The second-order valence-electron chi connectivity index (χ2n) is 8.60. The van der Waals surface area contributed by atoms with Gasteiger partial charge in [0.1, 0.15) is 12.0 Å². The highest BCUT2D eigenvalue weighted by Gasteiger charge is 2.53. The summed E-state index contributed by atoms with van der Waals surface area (Å²) in [6, 6.07) is 4.60. The van der Waals surface area contributed by atoms with Gasteiger partial charge in [0.05, 0.1) is 41.2 Å². The third-order valence-electron chi connectivity index (χ3n) is 6.36. The molecule has 138 valence electrons. The van der Waals surface area contributed by atoms with Crippen molar-refractivity contribution in [2.75, 3.05) is 0 Å². The van der Waals surface area contributed by atoms with Crippen LogP contribution in [0.3, 0.4) is 0 Å². The minimum Gasteiger partial charge on any atom is -0.399 e. The minimum absolute atomic E-state index is 0.0297. The first kappa shape index (κ1) is 18.0. The van der Waals surface area contributed by atoms with Crippen LogP contribution < -0.4 is 5.46 Å². The quantitative estimate of drug-likeness (QED) is 0.776. The van der Waals surface area contributed by atoms with E-state index in [4.69, 9.17) is 9.31 Å². The molecular weight excluding hydrogens is 341 g/mol. The van der Waals surface area contributed by atoms with E-state index in [1.165, 1.54) is 6.33 Å². The number of nitriles is 2. The Bertz CT molecular complexity index is 962. The number of rotatable bonds is 3. The molecule has 27 heavy (non-hydrogen) atoms. The van der Waals surface area contributed by atoms with E-state index in [2.05, 4.69) is 22.1 Å². The molecule has 1 saturated heterocycles. The predicted molar refractivity (Wildman–Crippen MR) is 99.8 cm³/mol. The molecule has 2 aromatic heterocycles. The van der Waals surface area contributed by atoms with E-state index < -0.39 is 23.9 Å². The lowest BCUT2D eigenvalue weighted by atomic mass is 9.67. The van der Waals surface area contributed by atoms with Crippen molar-refractivity contribution >= 4 is 23.6 Å². The largest absolute Gasteiger partial charge is 0.497 e. The van der Waals surface area contributed by atoms with Gasteiger partial charge < -0.3 is 13.9 Å². The van der Waals surface area contributed by atoms with Crippen LogP contribution in [0.1, 0.15) is 47.0 Å². The van der Waals surface area contributed by atoms with E-state index >= 15 is 0 Å². The van der Waals surface area contributed by atoms with Crippen molar-refractivity contribution in [3.05, 3.63) is 18.7 Å². The summed E-state index contributed by atoms with van der Waals surface area (Å²) in [6.45, 7) is 8.07. The predicted octanol–water partition coefficient (Wildman–Crippen LogP) is 2.27. The fourth-order valence-corrected chi connectivity index (χ4v) is 4.03. The van der Waals surface area contributed by atoms with Crippen LogP contribution in [0, 0.1) is 28.6 Å². The van der Waals surface area contributed by atoms with Gasteiger partial charge in [-0.3, -0.25) is 0 Å². The molecule has 2 fully saturated rings. The van der Waals surface area contributed by atoms with Gasteiger partial charge in [-0.1, -0.05) is 0 Å². The molecule has 0 N–H and O–H groups in total. The van der Waals surface area contributed by atoms with E-state index in [-0.39, 0.29) is 5.92 Å². The first-order valence-corrected chi connectivity index (χ1v) is 9.17. The number of aromatic nitrogens is 3. The normalized spacial score (nSPS) is 28.5. The Morgan fingerprint density at radius 2 is 1.89 bits per heavy atom. The zero-order valence-electron chi connectivity index (χ0n) is 16.1. The summed E-state index contributed by atoms with van der Waals surface area (Å²) in [5.74, 6) is -0.0297. The zero-order valence-corrected chi connectivity index (χ0v) is 16.1. The molecule has 1 aliphatic heterocycles. The van der Waals surface area contributed by atoms with Gasteiger partial charge in [-0.15, -0.1) is 0 Å². The van der Waals surface area contributed by atoms with Gasteiger partial charge in [-0.2, -0.15) is 10.5 Å². The first-order chi connectivity index (χ1) is 12.7. The fourth-order valence-electron chi connectivity index (χ4n) is 4.03. The van der Waals surface area contributed by atoms with Crippen molar-refractivity contribution in [3.8, 4) is 12.1 Å². The minimum atomic E-state index is -0.532. The molecule has 4 rings (SSSR count). The topological polar surface area (TPSA) is 96.8 Å². The second kappa shape index (κ2) is 5.79. The molecule has 3 heterocycles. The number of fused-ring (bicyclic) bond motifs is 1. The summed E-state index contributed by atoms with van der Waals surface area (Å²) in [7, 11) is -0.532. The monoisotopic (exact) mass is 363 g/mol. The van der Waals surface area contributed by atoms with Crippen molar-refractivity contribution in [1.82, 2.24) is 14.5 Å². The van der Waals surface area contributed by atoms with Gasteiger partial charge in [0.15, 0.2) is 0 Å². The molecule has 8 heteroatoms. The summed E-state index contributed by atoms with van der Waals surface area (Å²) in [5, 5.41) is 19.5. The lowest BCUT2D eigenvalue weighted by molar-refractivity contribution is 0.00578. The molecule has 0 bridgehead atoms. The molecule has 0 amide bonds. The van der Waals surface area contributed by atoms with Gasteiger partial charge >= 0.3 is 7.12 Å². The van der Waals surface area contributed by atoms with Crippen molar-refractivity contribution in [2.24, 2.45) is 5.92 Å². The van der Waals surface area contributed by atoms with Crippen LogP contribution >= 0.6 is 0 Å². The summed E-state index contributed by atoms with van der Waals surface area (Å²) in [5.41, 5.74) is 0.301. The Kier molecular flexibility index (Phi) is 3.85. The Labute approximate surface area is 159 Å². The maximum atomic E-state index is 9.39. The molecule has 0 spiro atoms. The van der Waals surface area contributed by atoms with Gasteiger partial charge in [0.2, 0.25) is 0 Å². The molecule has 2 aliphatic rings. The molecule has 2 aromatic rings. The van der Waals surface area contributed by atoms with Crippen LogP contribution in [-0.2, 0) is 14.8 Å². The van der Waals surface area contributed by atoms with Gasteiger partial charge in [-0.05, 0) is 40.5 Å². The second-order valence-corrected chi connectivity index (χ2v) is 8.60. The average Bonchev–Trinajstić information content (AvgIpc) is 3.06. The lowest BCUT2D eigenvalue weighted by Crippen LogP contribution is -2.46. The average molecular weight is 363 g/mol. The molecule has 0 radical (unpaired) electrons. The first-order valence-electron chi connectivity index (χ1n) is 9.17. The zero-order chi connectivity index (χ0) is 19.4. The maximum Gasteiger partial charge on any atom is 0.497 e. The van der Waals surface area contributed by atoms with Crippen LogP contribution in [0.15, 0.2) is 18.7 Å². The molecule has 1 aliphatic carbocycles. The summed E-state index contributed by atoms with van der Waals surface area (Å²) < 4.78 is 14.5. The standard InChI is InChI=1S/C19H22BN5O2/c1-17(2)18(3,4)27-20(26-17)15-11-25(16-14(15)10-23-12-24-16)19(5-6-21)7-13(8-19)9-22/h10-13H,5,7-8H2,1-4H3/t13-,19+. The molecular formula is C19H22BN5O2. The van der Waals surface area contributed by atoms with E-state index in [0.717, 1.165) is 16.5 Å². The highest BCUT2D eigenvalue weighted by Crippen LogP contribution is 2.47. The van der Waals surface area contributed by atoms with Gasteiger partial charge in [0.25, 0.3) is 0 Å². The van der Waals surface area contributed by atoms with Crippen molar-refractivity contribution in [2.45, 2.75) is 63.7 Å². The highest BCUT2D eigenvalue weighted by atomic mass is 16.7. The molecule has 1 saturated carbocycles. The van der Waals surface area contributed by atoms with E-state index in [1.54, 1.807) is 6.20 Å². The molecule has 0 aromatic carbocycles.